The second-order valence-electron chi connectivity index (χ2n) is 8.75. The lowest BCUT2D eigenvalue weighted by Gasteiger charge is -2.20. The molecule has 1 aliphatic rings. The van der Waals surface area contributed by atoms with Crippen LogP contribution in [0.3, 0.4) is 0 Å². The van der Waals surface area contributed by atoms with E-state index in [4.69, 9.17) is 14.9 Å². The zero-order valence-corrected chi connectivity index (χ0v) is 20.2. The molecule has 2 aromatic rings. The Hall–Kier alpha value is -3.44. The van der Waals surface area contributed by atoms with Crippen LogP contribution in [0.1, 0.15) is 49.3 Å². The number of rotatable bonds is 6. The molecule has 192 valence electrons. The molecule has 0 fully saturated rings. The molecule has 0 aromatic carbocycles. The molecule has 1 aliphatic heterocycles. The fourth-order valence-electron chi connectivity index (χ4n) is 3.28. The lowest BCUT2D eigenvalue weighted by atomic mass is 10.0. The number of alkyl halides is 3. The summed E-state index contributed by atoms with van der Waals surface area (Å²) in [6.07, 6.45) is -0.0879. The molecule has 0 saturated carbocycles. The highest BCUT2D eigenvalue weighted by atomic mass is 19.4. The van der Waals surface area contributed by atoms with E-state index in [1.807, 2.05) is 26.0 Å². The van der Waals surface area contributed by atoms with Gasteiger partial charge in [0.2, 0.25) is 0 Å². The van der Waals surface area contributed by atoms with Gasteiger partial charge in [0.15, 0.2) is 0 Å². The summed E-state index contributed by atoms with van der Waals surface area (Å²) in [5, 5.41) is 13.5. The largest absolute Gasteiger partial charge is 0.490 e. The first-order valence-electron chi connectivity index (χ1n) is 11.3. The minimum Gasteiger partial charge on any atom is -0.475 e. The van der Waals surface area contributed by atoms with Crippen LogP contribution in [0.25, 0.3) is 0 Å². The Labute approximate surface area is 202 Å². The number of anilines is 2. The third kappa shape index (κ3) is 8.69. The number of pyridine rings is 1. The number of nitrogens with zero attached hydrogens (tertiary/aromatic N) is 4. The SMILES string of the molecule is CC(C)CNc1nc2c(cc1C(=O)NC(C)C)CCN(c1ccncn1)CC2.O=C(O)C(F)(F)F. The predicted molar refractivity (Wildman–Crippen MR) is 126 cm³/mol. The number of amides is 1. The van der Waals surface area contributed by atoms with E-state index < -0.39 is 12.1 Å². The number of carbonyl (C=O) groups is 2. The monoisotopic (exact) mass is 496 g/mol. The molecule has 35 heavy (non-hydrogen) atoms. The van der Waals surface area contributed by atoms with Gasteiger partial charge in [0.05, 0.1) is 5.56 Å². The number of aromatic nitrogens is 3. The van der Waals surface area contributed by atoms with Gasteiger partial charge in [-0.25, -0.2) is 19.7 Å². The van der Waals surface area contributed by atoms with Crippen LogP contribution in [0.15, 0.2) is 24.7 Å². The Bertz CT molecular complexity index is 1000. The lowest BCUT2D eigenvalue weighted by molar-refractivity contribution is -0.192. The molecule has 0 saturated heterocycles. The highest BCUT2D eigenvalue weighted by Crippen LogP contribution is 2.24. The number of hydrogen-bond acceptors (Lipinski definition) is 7. The van der Waals surface area contributed by atoms with Gasteiger partial charge in [-0.3, -0.25) is 4.79 Å². The van der Waals surface area contributed by atoms with Gasteiger partial charge in [0.25, 0.3) is 5.91 Å². The van der Waals surface area contributed by atoms with Gasteiger partial charge in [0.1, 0.15) is 18.0 Å². The van der Waals surface area contributed by atoms with Crippen molar-refractivity contribution in [2.24, 2.45) is 5.92 Å². The first kappa shape index (κ1) is 27.8. The molecule has 0 bridgehead atoms. The minimum atomic E-state index is -5.08. The maximum atomic E-state index is 12.8. The first-order chi connectivity index (χ1) is 16.4. The molecule has 0 unspecified atom stereocenters. The molecule has 0 spiro atoms. The zero-order chi connectivity index (χ0) is 26.2. The van der Waals surface area contributed by atoms with Crippen LogP contribution < -0.4 is 15.5 Å². The maximum absolute atomic E-state index is 12.8. The molecule has 1 amide bonds. The number of carboxylic acids is 1. The van der Waals surface area contributed by atoms with E-state index in [0.29, 0.717) is 17.3 Å². The van der Waals surface area contributed by atoms with Crippen LogP contribution >= 0.6 is 0 Å². The van der Waals surface area contributed by atoms with Crippen molar-refractivity contribution < 1.29 is 27.9 Å². The minimum absolute atomic E-state index is 0.0755. The molecule has 0 atom stereocenters. The summed E-state index contributed by atoms with van der Waals surface area (Å²) in [6.45, 7) is 10.7. The molecule has 12 heteroatoms. The Morgan fingerprint density at radius 3 is 2.37 bits per heavy atom. The van der Waals surface area contributed by atoms with E-state index in [9.17, 15) is 18.0 Å². The smallest absolute Gasteiger partial charge is 0.475 e. The third-order valence-electron chi connectivity index (χ3n) is 4.94. The molecular weight excluding hydrogens is 465 g/mol. The van der Waals surface area contributed by atoms with Crippen molar-refractivity contribution in [2.75, 3.05) is 29.9 Å². The van der Waals surface area contributed by atoms with Crippen molar-refractivity contribution in [3.05, 3.63) is 41.5 Å². The van der Waals surface area contributed by atoms with Gasteiger partial charge in [-0.1, -0.05) is 13.8 Å². The molecule has 3 heterocycles. The fourth-order valence-corrected chi connectivity index (χ4v) is 3.28. The number of nitrogens with one attached hydrogen (secondary N) is 2. The molecule has 2 aromatic heterocycles. The molecule has 0 aliphatic carbocycles. The van der Waals surface area contributed by atoms with Crippen molar-refractivity contribution >= 4 is 23.5 Å². The standard InChI is InChI=1S/C21H30N6O.C2HF3O2/c1-14(2)12-23-20-17(21(28)25-15(3)4)11-16-6-9-27(10-7-18(16)26-20)19-5-8-22-13-24-19;3-2(4,5)1(6)7/h5,8,11,13-15H,6-7,9-10,12H2,1-4H3,(H,23,26)(H,25,28);(H,6,7). The molecule has 0 radical (unpaired) electrons. The Morgan fingerprint density at radius 1 is 1.17 bits per heavy atom. The van der Waals surface area contributed by atoms with Gasteiger partial charge >= 0.3 is 12.1 Å². The van der Waals surface area contributed by atoms with Gasteiger partial charge in [0, 0.05) is 44.0 Å². The van der Waals surface area contributed by atoms with Gasteiger partial charge in [-0.05, 0) is 43.9 Å². The van der Waals surface area contributed by atoms with Crippen LogP contribution in [0.5, 0.6) is 0 Å². The van der Waals surface area contributed by atoms with Crippen LogP contribution in [0, 0.1) is 5.92 Å². The molecule has 3 rings (SSSR count). The summed E-state index contributed by atoms with van der Waals surface area (Å²) < 4.78 is 31.7. The summed E-state index contributed by atoms with van der Waals surface area (Å²) in [4.78, 5) is 37.1. The fraction of sp³-hybridized carbons (Fsp3) is 0.522. The van der Waals surface area contributed by atoms with Gasteiger partial charge in [-0.2, -0.15) is 13.2 Å². The Balaban J connectivity index is 0.000000540. The summed E-state index contributed by atoms with van der Waals surface area (Å²) in [7, 11) is 0. The number of halogens is 3. The average Bonchev–Trinajstić information content (AvgIpc) is 2.99. The van der Waals surface area contributed by atoms with Crippen molar-refractivity contribution in [3.8, 4) is 0 Å². The number of aliphatic carboxylic acids is 1. The maximum Gasteiger partial charge on any atom is 0.490 e. The normalized spacial score (nSPS) is 13.5. The van der Waals surface area contributed by atoms with E-state index in [-0.39, 0.29) is 11.9 Å². The van der Waals surface area contributed by atoms with Crippen LogP contribution in [-0.4, -0.2) is 63.8 Å². The highest BCUT2D eigenvalue weighted by molar-refractivity contribution is 5.99. The quantitative estimate of drug-likeness (QED) is 0.557. The predicted octanol–water partition coefficient (Wildman–Crippen LogP) is 3.32. The van der Waals surface area contributed by atoms with E-state index in [0.717, 1.165) is 49.6 Å². The summed E-state index contributed by atoms with van der Waals surface area (Å²) in [5.74, 6) is -0.754. The third-order valence-corrected chi connectivity index (χ3v) is 4.94. The Morgan fingerprint density at radius 2 is 1.83 bits per heavy atom. The number of carbonyl (C=O) groups excluding carboxylic acids is 1. The van der Waals surface area contributed by atoms with Crippen molar-refractivity contribution in [2.45, 2.75) is 52.8 Å². The summed E-state index contributed by atoms with van der Waals surface area (Å²) >= 11 is 0. The Kier molecular flexibility index (Phi) is 9.78. The highest BCUT2D eigenvalue weighted by Gasteiger charge is 2.38. The van der Waals surface area contributed by atoms with E-state index in [2.05, 4.69) is 39.3 Å². The molecular formula is C23H31F3N6O3. The first-order valence-corrected chi connectivity index (χ1v) is 11.3. The number of hydrogen-bond donors (Lipinski definition) is 3. The van der Waals surface area contributed by atoms with Crippen molar-refractivity contribution in [1.82, 2.24) is 20.3 Å². The van der Waals surface area contributed by atoms with Gasteiger partial charge < -0.3 is 20.6 Å². The number of fused-ring (bicyclic) bond motifs is 1. The van der Waals surface area contributed by atoms with Crippen LogP contribution in [-0.2, 0) is 17.6 Å². The van der Waals surface area contributed by atoms with Crippen molar-refractivity contribution in [1.29, 1.82) is 0 Å². The molecule has 3 N–H and O–H groups in total. The summed E-state index contributed by atoms with van der Waals surface area (Å²) in [5.41, 5.74) is 2.83. The second kappa shape index (κ2) is 12.3. The molecule has 9 nitrogen and oxygen atoms in total. The topological polar surface area (TPSA) is 120 Å². The number of carboxylic acid groups (broad SMARTS) is 1. The van der Waals surface area contributed by atoms with Gasteiger partial charge in [-0.15, -0.1) is 0 Å². The summed E-state index contributed by atoms with van der Waals surface area (Å²) in [6, 6.07) is 4.03. The average molecular weight is 497 g/mol. The van der Waals surface area contributed by atoms with Crippen molar-refractivity contribution in [3.63, 3.8) is 0 Å². The van der Waals surface area contributed by atoms with E-state index >= 15 is 0 Å². The van der Waals surface area contributed by atoms with Crippen LogP contribution in [0.2, 0.25) is 0 Å². The second-order valence-corrected chi connectivity index (χ2v) is 8.75. The zero-order valence-electron chi connectivity index (χ0n) is 20.2. The van der Waals surface area contributed by atoms with E-state index in [1.165, 1.54) is 0 Å². The van der Waals surface area contributed by atoms with Crippen LogP contribution in [0.4, 0.5) is 24.8 Å². The van der Waals surface area contributed by atoms with E-state index in [1.54, 1.807) is 12.5 Å². The lowest BCUT2D eigenvalue weighted by Crippen LogP contribution is -2.31.